The van der Waals surface area contributed by atoms with Crippen LogP contribution in [-0.4, -0.2) is 13.5 Å². The topological polar surface area (TPSA) is 92.4 Å². The number of aryl methyl sites for hydroxylation is 1. The molecule has 0 aliphatic heterocycles. The number of nitrogens with two attached hydrogens (primary N) is 1. The number of nitrogen functional groups attached to an aromatic ring is 1. The molecule has 0 saturated heterocycles. The van der Waals surface area contributed by atoms with E-state index < -0.39 is 15.8 Å². The zero-order valence-corrected chi connectivity index (χ0v) is 11.4. The van der Waals surface area contributed by atoms with Gasteiger partial charge in [0.2, 0.25) is 0 Å². The van der Waals surface area contributed by atoms with Gasteiger partial charge in [-0.15, -0.1) is 0 Å². The Bertz CT molecular complexity index is 760. The summed E-state index contributed by atoms with van der Waals surface area (Å²) in [5.74, 6) is -0.892. The van der Waals surface area contributed by atoms with Crippen molar-refractivity contribution >= 4 is 21.4 Å². The van der Waals surface area contributed by atoms with E-state index in [0.717, 1.165) is 12.1 Å². The summed E-state index contributed by atoms with van der Waals surface area (Å²) in [5.41, 5.74) is 5.95. The predicted molar refractivity (Wildman–Crippen MR) is 74.5 cm³/mol. The van der Waals surface area contributed by atoms with Gasteiger partial charge in [0.05, 0.1) is 16.3 Å². The molecule has 0 bridgehead atoms. The summed E-state index contributed by atoms with van der Waals surface area (Å²) in [4.78, 5) is -0.159. The van der Waals surface area contributed by atoms with Gasteiger partial charge in [-0.1, -0.05) is 6.07 Å². The van der Waals surface area contributed by atoms with Crippen LogP contribution in [0.25, 0.3) is 0 Å². The molecule has 0 heterocycles. The standard InChI is InChI=1S/C13H13FN2O3S/c1-8-2-4-10(14)12(6-8)16-20(18,19)9-3-5-13(17)11(15)7-9/h2-7,16-17H,15H2,1H3. The average Bonchev–Trinajstić information content (AvgIpc) is 2.36. The van der Waals surface area contributed by atoms with Gasteiger partial charge in [-0.2, -0.15) is 0 Å². The Kier molecular flexibility index (Phi) is 3.54. The molecule has 20 heavy (non-hydrogen) atoms. The van der Waals surface area contributed by atoms with Crippen LogP contribution in [0.4, 0.5) is 15.8 Å². The minimum atomic E-state index is -3.97. The van der Waals surface area contributed by atoms with Crippen molar-refractivity contribution < 1.29 is 17.9 Å². The first kappa shape index (κ1) is 14.1. The molecule has 0 aliphatic rings. The van der Waals surface area contributed by atoms with Crippen LogP contribution in [0, 0.1) is 12.7 Å². The van der Waals surface area contributed by atoms with Crippen LogP contribution in [0.1, 0.15) is 5.56 Å². The van der Waals surface area contributed by atoms with E-state index in [0.29, 0.717) is 5.56 Å². The van der Waals surface area contributed by atoms with Gasteiger partial charge in [0.1, 0.15) is 11.6 Å². The number of benzene rings is 2. The lowest BCUT2D eigenvalue weighted by molar-refractivity contribution is 0.477. The normalized spacial score (nSPS) is 11.3. The average molecular weight is 296 g/mol. The van der Waals surface area contributed by atoms with E-state index in [1.54, 1.807) is 6.92 Å². The second kappa shape index (κ2) is 5.01. The van der Waals surface area contributed by atoms with Gasteiger partial charge >= 0.3 is 0 Å². The number of phenolic OH excluding ortho intramolecular Hbond substituents is 1. The predicted octanol–water partition coefficient (Wildman–Crippen LogP) is 2.22. The summed E-state index contributed by atoms with van der Waals surface area (Å²) >= 11 is 0. The molecule has 5 nitrogen and oxygen atoms in total. The molecule has 0 aliphatic carbocycles. The van der Waals surface area contributed by atoms with Crippen molar-refractivity contribution in [1.29, 1.82) is 0 Å². The van der Waals surface area contributed by atoms with Crippen LogP contribution in [0.3, 0.4) is 0 Å². The number of aromatic hydroxyl groups is 1. The lowest BCUT2D eigenvalue weighted by Crippen LogP contribution is -2.14. The molecule has 0 unspecified atom stereocenters. The van der Waals surface area contributed by atoms with Crippen LogP contribution >= 0.6 is 0 Å². The molecular formula is C13H13FN2O3S. The van der Waals surface area contributed by atoms with Crippen LogP contribution in [0.2, 0.25) is 0 Å². The fraction of sp³-hybridized carbons (Fsp3) is 0.0769. The zero-order chi connectivity index (χ0) is 14.9. The number of hydrogen-bond donors (Lipinski definition) is 3. The van der Waals surface area contributed by atoms with Crippen molar-refractivity contribution in [3.63, 3.8) is 0 Å². The van der Waals surface area contributed by atoms with E-state index in [2.05, 4.69) is 4.72 Å². The summed E-state index contributed by atoms with van der Waals surface area (Å²) in [6.45, 7) is 1.72. The van der Waals surface area contributed by atoms with Gasteiger partial charge in [-0.25, -0.2) is 12.8 Å². The third kappa shape index (κ3) is 2.83. The van der Waals surface area contributed by atoms with E-state index in [-0.39, 0.29) is 22.0 Å². The maximum absolute atomic E-state index is 13.6. The smallest absolute Gasteiger partial charge is 0.262 e. The van der Waals surface area contributed by atoms with Gasteiger partial charge in [-0.3, -0.25) is 4.72 Å². The fourth-order valence-corrected chi connectivity index (χ4v) is 2.71. The SMILES string of the molecule is Cc1ccc(F)c(NS(=O)(=O)c2ccc(O)c(N)c2)c1. The van der Waals surface area contributed by atoms with Crippen molar-refractivity contribution in [1.82, 2.24) is 0 Å². The molecule has 0 amide bonds. The number of nitrogens with one attached hydrogen (secondary N) is 1. The number of halogens is 1. The van der Waals surface area contributed by atoms with Crippen molar-refractivity contribution in [3.05, 3.63) is 47.8 Å². The van der Waals surface area contributed by atoms with Crippen molar-refractivity contribution in [2.45, 2.75) is 11.8 Å². The van der Waals surface area contributed by atoms with Crippen LogP contribution in [0.5, 0.6) is 5.75 Å². The first-order valence-corrected chi connectivity index (χ1v) is 7.15. The molecule has 0 fully saturated rings. The zero-order valence-electron chi connectivity index (χ0n) is 10.6. The summed E-state index contributed by atoms with van der Waals surface area (Å²) < 4.78 is 39.9. The van der Waals surface area contributed by atoms with Crippen LogP contribution < -0.4 is 10.5 Å². The van der Waals surface area contributed by atoms with Crippen LogP contribution in [0.15, 0.2) is 41.3 Å². The Hall–Kier alpha value is -2.28. The minimum absolute atomic E-state index is 0.0717. The Morgan fingerprint density at radius 3 is 2.55 bits per heavy atom. The molecule has 7 heteroatoms. The number of sulfonamides is 1. The van der Waals surface area contributed by atoms with E-state index in [1.165, 1.54) is 24.3 Å². The van der Waals surface area contributed by atoms with Crippen LogP contribution in [-0.2, 0) is 10.0 Å². The third-order valence-electron chi connectivity index (χ3n) is 2.68. The van der Waals surface area contributed by atoms with Gasteiger partial charge < -0.3 is 10.8 Å². The molecule has 2 aromatic carbocycles. The molecule has 4 N–H and O–H groups in total. The van der Waals surface area contributed by atoms with E-state index >= 15 is 0 Å². The van der Waals surface area contributed by atoms with Gasteiger partial charge in [0, 0.05) is 0 Å². The van der Waals surface area contributed by atoms with Crippen molar-refractivity contribution in [2.75, 3.05) is 10.5 Å². The lowest BCUT2D eigenvalue weighted by atomic mass is 10.2. The summed E-state index contributed by atoms with van der Waals surface area (Å²) in [5, 5.41) is 9.28. The van der Waals surface area contributed by atoms with Gasteiger partial charge in [-0.05, 0) is 42.8 Å². The maximum Gasteiger partial charge on any atom is 0.262 e. The second-order valence-electron chi connectivity index (χ2n) is 4.31. The number of phenols is 1. The highest BCUT2D eigenvalue weighted by Crippen LogP contribution is 2.25. The third-order valence-corrected chi connectivity index (χ3v) is 4.04. The van der Waals surface area contributed by atoms with Gasteiger partial charge in [0.25, 0.3) is 10.0 Å². The first-order chi connectivity index (χ1) is 9.29. The summed E-state index contributed by atoms with van der Waals surface area (Å²) in [6.07, 6.45) is 0. The Morgan fingerprint density at radius 2 is 1.90 bits per heavy atom. The lowest BCUT2D eigenvalue weighted by Gasteiger charge is -2.10. The van der Waals surface area contributed by atoms with Crippen molar-refractivity contribution in [2.24, 2.45) is 0 Å². The maximum atomic E-state index is 13.6. The molecule has 0 aromatic heterocycles. The van der Waals surface area contributed by atoms with E-state index in [9.17, 15) is 17.9 Å². The quantitative estimate of drug-likeness (QED) is 0.598. The largest absolute Gasteiger partial charge is 0.506 e. The fourth-order valence-electron chi connectivity index (χ4n) is 1.62. The Balaban J connectivity index is 2.40. The summed E-state index contributed by atoms with van der Waals surface area (Å²) in [6, 6.07) is 7.55. The highest BCUT2D eigenvalue weighted by molar-refractivity contribution is 7.92. The van der Waals surface area contributed by atoms with Crippen molar-refractivity contribution in [3.8, 4) is 5.75 Å². The highest BCUT2D eigenvalue weighted by Gasteiger charge is 2.17. The van der Waals surface area contributed by atoms with E-state index in [1.807, 2.05) is 0 Å². The number of anilines is 2. The van der Waals surface area contributed by atoms with E-state index in [4.69, 9.17) is 5.73 Å². The first-order valence-electron chi connectivity index (χ1n) is 5.67. The summed E-state index contributed by atoms with van der Waals surface area (Å²) in [7, 11) is -3.97. The molecule has 0 atom stereocenters. The Morgan fingerprint density at radius 1 is 1.20 bits per heavy atom. The molecule has 2 aromatic rings. The molecule has 106 valence electrons. The molecule has 0 radical (unpaired) electrons. The second-order valence-corrected chi connectivity index (χ2v) is 5.99. The molecule has 2 rings (SSSR count). The molecule has 0 saturated carbocycles. The minimum Gasteiger partial charge on any atom is -0.506 e. The molecular weight excluding hydrogens is 283 g/mol. The number of hydrogen-bond acceptors (Lipinski definition) is 4. The number of rotatable bonds is 3. The monoisotopic (exact) mass is 296 g/mol. The highest BCUT2D eigenvalue weighted by atomic mass is 32.2. The molecule has 0 spiro atoms. The Labute approximate surface area is 115 Å². The van der Waals surface area contributed by atoms with Gasteiger partial charge in [0.15, 0.2) is 0 Å².